The van der Waals surface area contributed by atoms with Gasteiger partial charge in [0.15, 0.2) is 0 Å². The van der Waals surface area contributed by atoms with E-state index in [4.69, 9.17) is 51.8 Å². The Kier molecular flexibility index (Phi) is 6.45. The number of piperidine rings is 1. The molecular formula is C19H18Cl3NOS. The molecule has 25 heavy (non-hydrogen) atoms. The van der Waals surface area contributed by atoms with Gasteiger partial charge in [-0.3, -0.25) is 0 Å². The van der Waals surface area contributed by atoms with Crippen molar-refractivity contribution in [3.05, 3.63) is 62.6 Å². The molecule has 0 saturated carbocycles. The molecule has 6 heteroatoms. The molecule has 1 saturated heterocycles. The third-order valence-electron chi connectivity index (χ3n) is 4.25. The van der Waals surface area contributed by atoms with Crippen LogP contribution in [0.15, 0.2) is 36.4 Å². The highest BCUT2D eigenvalue weighted by atomic mass is 35.5. The molecule has 0 radical (unpaired) electrons. The van der Waals surface area contributed by atoms with Gasteiger partial charge in [0, 0.05) is 33.7 Å². The highest BCUT2D eigenvalue weighted by Crippen LogP contribution is 2.30. The van der Waals surface area contributed by atoms with E-state index in [1.807, 2.05) is 18.2 Å². The molecule has 1 aliphatic rings. The molecule has 2 nitrogen and oxygen atoms in total. The third-order valence-corrected chi connectivity index (χ3v) is 5.67. The molecule has 2 aromatic carbocycles. The Hall–Kier alpha value is -1.00. The van der Waals surface area contributed by atoms with Crippen LogP contribution in [0.2, 0.25) is 15.1 Å². The zero-order valence-corrected chi connectivity index (χ0v) is 16.7. The summed E-state index contributed by atoms with van der Waals surface area (Å²) in [6.07, 6.45) is 3.57. The SMILES string of the molecule is S=C(c1cc(Cl)ccc1OCc1c(Cl)cccc1Cl)N1CCCCC1. The van der Waals surface area contributed by atoms with E-state index in [9.17, 15) is 0 Å². The number of halogens is 3. The molecule has 0 atom stereocenters. The van der Waals surface area contributed by atoms with Crippen LogP contribution in [0.5, 0.6) is 5.75 Å². The second-order valence-electron chi connectivity index (χ2n) is 5.98. The molecule has 1 aliphatic heterocycles. The second-order valence-corrected chi connectivity index (χ2v) is 7.62. The van der Waals surface area contributed by atoms with Gasteiger partial charge in [0.05, 0.1) is 5.56 Å². The summed E-state index contributed by atoms with van der Waals surface area (Å²) in [5, 5.41) is 1.81. The lowest BCUT2D eigenvalue weighted by Gasteiger charge is -2.30. The van der Waals surface area contributed by atoms with Gasteiger partial charge in [-0.1, -0.05) is 53.1 Å². The van der Waals surface area contributed by atoms with Crippen LogP contribution in [0.1, 0.15) is 30.4 Å². The minimum absolute atomic E-state index is 0.274. The van der Waals surface area contributed by atoms with Crippen molar-refractivity contribution in [3.8, 4) is 5.75 Å². The van der Waals surface area contributed by atoms with Gasteiger partial charge in [-0.2, -0.15) is 0 Å². The monoisotopic (exact) mass is 413 g/mol. The van der Waals surface area contributed by atoms with Gasteiger partial charge in [0.2, 0.25) is 0 Å². The first kappa shape index (κ1) is 18.8. The van der Waals surface area contributed by atoms with Crippen LogP contribution in [0.25, 0.3) is 0 Å². The van der Waals surface area contributed by atoms with Crippen LogP contribution in [-0.4, -0.2) is 23.0 Å². The van der Waals surface area contributed by atoms with E-state index in [2.05, 4.69) is 4.90 Å². The molecule has 0 bridgehead atoms. The number of hydrogen-bond acceptors (Lipinski definition) is 2. The average Bonchev–Trinajstić information content (AvgIpc) is 2.62. The maximum absolute atomic E-state index is 6.23. The van der Waals surface area contributed by atoms with Crippen molar-refractivity contribution in [3.63, 3.8) is 0 Å². The van der Waals surface area contributed by atoms with Crippen LogP contribution in [-0.2, 0) is 6.61 Å². The summed E-state index contributed by atoms with van der Waals surface area (Å²) in [6, 6.07) is 10.9. The van der Waals surface area contributed by atoms with Crippen LogP contribution >= 0.6 is 47.0 Å². The Labute approximate surface area is 168 Å². The normalized spacial score (nSPS) is 14.4. The molecule has 132 valence electrons. The van der Waals surface area contributed by atoms with Gasteiger partial charge in [0.1, 0.15) is 17.3 Å². The lowest BCUT2D eigenvalue weighted by Crippen LogP contribution is -2.35. The number of ether oxygens (including phenoxy) is 1. The average molecular weight is 415 g/mol. The molecule has 3 rings (SSSR count). The Bertz CT molecular complexity index is 755. The Morgan fingerprint density at radius 3 is 2.36 bits per heavy atom. The first-order valence-corrected chi connectivity index (χ1v) is 9.75. The van der Waals surface area contributed by atoms with Gasteiger partial charge < -0.3 is 9.64 Å². The van der Waals surface area contributed by atoms with Crippen molar-refractivity contribution in [1.82, 2.24) is 4.90 Å². The summed E-state index contributed by atoms with van der Waals surface area (Å²) >= 11 is 24.3. The maximum Gasteiger partial charge on any atom is 0.130 e. The van der Waals surface area contributed by atoms with Crippen LogP contribution < -0.4 is 4.74 Å². The molecule has 1 heterocycles. The van der Waals surface area contributed by atoms with E-state index in [0.29, 0.717) is 20.8 Å². The number of hydrogen-bond donors (Lipinski definition) is 0. The molecule has 0 aromatic heterocycles. The molecule has 0 N–H and O–H groups in total. The van der Waals surface area contributed by atoms with Crippen LogP contribution in [0.3, 0.4) is 0 Å². The van der Waals surface area contributed by atoms with Gasteiger partial charge in [-0.15, -0.1) is 0 Å². The zero-order chi connectivity index (χ0) is 17.8. The first-order valence-electron chi connectivity index (χ1n) is 8.21. The number of rotatable bonds is 4. The number of benzene rings is 2. The topological polar surface area (TPSA) is 12.5 Å². The van der Waals surface area contributed by atoms with Crippen LogP contribution in [0, 0.1) is 0 Å². The number of nitrogens with zero attached hydrogens (tertiary/aromatic N) is 1. The predicted molar refractivity (Wildman–Crippen MR) is 109 cm³/mol. The number of likely N-dealkylation sites (tertiary alicyclic amines) is 1. The van der Waals surface area contributed by atoms with E-state index < -0.39 is 0 Å². The fourth-order valence-corrected chi connectivity index (χ4v) is 3.90. The molecule has 2 aromatic rings. The Balaban J connectivity index is 1.83. The molecule has 1 fully saturated rings. The summed E-state index contributed by atoms with van der Waals surface area (Å²) in [5.74, 6) is 0.691. The fraction of sp³-hybridized carbons (Fsp3) is 0.316. The van der Waals surface area contributed by atoms with E-state index in [1.165, 1.54) is 6.42 Å². The smallest absolute Gasteiger partial charge is 0.130 e. The lowest BCUT2D eigenvalue weighted by atomic mass is 10.1. The maximum atomic E-state index is 6.23. The van der Waals surface area contributed by atoms with Crippen molar-refractivity contribution in [1.29, 1.82) is 0 Å². The van der Waals surface area contributed by atoms with E-state index in [-0.39, 0.29) is 6.61 Å². The molecular weight excluding hydrogens is 397 g/mol. The van der Waals surface area contributed by atoms with Crippen LogP contribution in [0.4, 0.5) is 0 Å². The minimum atomic E-state index is 0.274. The van der Waals surface area contributed by atoms with Gasteiger partial charge in [-0.05, 0) is 49.6 Å². The summed E-state index contributed by atoms with van der Waals surface area (Å²) in [6.45, 7) is 2.22. The third kappa shape index (κ3) is 4.59. The molecule has 0 aliphatic carbocycles. The predicted octanol–water partition coefficient (Wildman–Crippen LogP) is 6.39. The summed E-state index contributed by atoms with van der Waals surface area (Å²) in [5.41, 5.74) is 1.60. The highest BCUT2D eigenvalue weighted by Gasteiger charge is 2.19. The number of thiocarbonyl (C=S) groups is 1. The molecule has 0 amide bonds. The first-order chi connectivity index (χ1) is 12.1. The molecule has 0 spiro atoms. The largest absolute Gasteiger partial charge is 0.488 e. The quantitative estimate of drug-likeness (QED) is 0.538. The minimum Gasteiger partial charge on any atom is -0.488 e. The van der Waals surface area contributed by atoms with Crippen molar-refractivity contribution in [2.24, 2.45) is 0 Å². The van der Waals surface area contributed by atoms with Gasteiger partial charge in [0.25, 0.3) is 0 Å². The Morgan fingerprint density at radius 2 is 1.68 bits per heavy atom. The molecule has 0 unspecified atom stereocenters. The summed E-state index contributed by atoms with van der Waals surface area (Å²) in [4.78, 5) is 3.00. The van der Waals surface area contributed by atoms with E-state index >= 15 is 0 Å². The van der Waals surface area contributed by atoms with Gasteiger partial charge >= 0.3 is 0 Å². The van der Waals surface area contributed by atoms with E-state index in [0.717, 1.165) is 42.0 Å². The highest BCUT2D eigenvalue weighted by molar-refractivity contribution is 7.80. The summed E-state index contributed by atoms with van der Waals surface area (Å²) < 4.78 is 6.01. The van der Waals surface area contributed by atoms with Gasteiger partial charge in [-0.25, -0.2) is 0 Å². The zero-order valence-electron chi connectivity index (χ0n) is 13.6. The van der Waals surface area contributed by atoms with Crippen molar-refractivity contribution < 1.29 is 4.74 Å². The second kappa shape index (κ2) is 8.59. The lowest BCUT2D eigenvalue weighted by molar-refractivity contribution is 0.303. The van der Waals surface area contributed by atoms with Crippen molar-refractivity contribution in [2.45, 2.75) is 25.9 Å². The van der Waals surface area contributed by atoms with E-state index in [1.54, 1.807) is 18.2 Å². The van der Waals surface area contributed by atoms with Crippen molar-refractivity contribution >= 4 is 52.0 Å². The standard InChI is InChI=1S/C19H18Cl3NOS/c20-13-7-8-18(24-12-15-16(21)5-4-6-17(15)22)14(11-13)19(25)23-9-2-1-3-10-23/h4-8,11H,1-3,9-10,12H2. The Morgan fingerprint density at radius 1 is 1.00 bits per heavy atom. The van der Waals surface area contributed by atoms with Crippen molar-refractivity contribution in [2.75, 3.05) is 13.1 Å². The summed E-state index contributed by atoms with van der Waals surface area (Å²) in [7, 11) is 0. The fourth-order valence-electron chi connectivity index (χ4n) is 2.88.